The fourth-order valence-electron chi connectivity index (χ4n) is 1.81. The minimum Gasteiger partial charge on any atom is -0.207 e. The maximum atomic E-state index is 13.0. The predicted octanol–water partition coefficient (Wildman–Crippen LogP) is 5.48. The third-order valence-corrected chi connectivity index (χ3v) is 4.09. The molecular weight excluding hydrogens is 315 g/mol. The first-order chi connectivity index (χ1) is 8.61. The largest absolute Gasteiger partial charge is 0.207 e. The van der Waals surface area contributed by atoms with Gasteiger partial charge in [0.05, 0.1) is 5.38 Å². The van der Waals surface area contributed by atoms with Gasteiger partial charge in [0.25, 0.3) is 0 Å². The van der Waals surface area contributed by atoms with E-state index in [1.807, 2.05) is 12.1 Å². The van der Waals surface area contributed by atoms with E-state index in [9.17, 15) is 4.39 Å². The van der Waals surface area contributed by atoms with Gasteiger partial charge in [-0.25, -0.2) is 4.39 Å². The molecule has 2 aromatic carbocycles. The van der Waals surface area contributed by atoms with Crippen molar-refractivity contribution in [3.63, 3.8) is 0 Å². The maximum absolute atomic E-state index is 13.0. The number of benzene rings is 2. The fourth-order valence-corrected chi connectivity index (χ4v) is 2.86. The average Bonchev–Trinajstić information content (AvgIpc) is 2.38. The summed E-state index contributed by atoms with van der Waals surface area (Å²) in [6, 6.07) is 12.8. The zero-order chi connectivity index (χ0) is 13.1. The third-order valence-electron chi connectivity index (χ3n) is 2.92. The fraction of sp³-hybridized carbons (Fsp3) is 0.200. The van der Waals surface area contributed by atoms with Gasteiger partial charge in [0.2, 0.25) is 0 Å². The average molecular weight is 328 g/mol. The Bertz CT molecular complexity index is 537. The van der Waals surface area contributed by atoms with Gasteiger partial charge in [-0.05, 0) is 35.2 Å². The molecule has 0 aliphatic rings. The molecule has 0 aromatic heterocycles. The molecule has 0 fully saturated rings. The highest BCUT2D eigenvalue weighted by molar-refractivity contribution is 9.10. The molecular formula is C15H13BrClF. The number of alkyl halides is 1. The summed E-state index contributed by atoms with van der Waals surface area (Å²) in [5.41, 5.74) is 3.17. The van der Waals surface area contributed by atoms with Crippen molar-refractivity contribution in [3.05, 3.63) is 69.4 Å². The van der Waals surface area contributed by atoms with E-state index in [2.05, 4.69) is 35.0 Å². The van der Waals surface area contributed by atoms with Gasteiger partial charge in [0.15, 0.2) is 0 Å². The normalized spacial score (nSPS) is 12.4. The summed E-state index contributed by atoms with van der Waals surface area (Å²) in [5, 5.41) is -0.272. The molecule has 0 bridgehead atoms. The molecule has 0 saturated heterocycles. The quantitative estimate of drug-likeness (QED) is 0.655. The summed E-state index contributed by atoms with van der Waals surface area (Å²) in [6.45, 7) is 2.11. The van der Waals surface area contributed by atoms with Crippen LogP contribution in [0.15, 0.2) is 46.9 Å². The molecule has 0 nitrogen and oxygen atoms in total. The van der Waals surface area contributed by atoms with Crippen LogP contribution in [0.2, 0.25) is 0 Å². The molecule has 3 heteroatoms. The molecule has 0 N–H and O–H groups in total. The van der Waals surface area contributed by atoms with Crippen LogP contribution in [0.4, 0.5) is 4.39 Å². The molecule has 18 heavy (non-hydrogen) atoms. The highest BCUT2D eigenvalue weighted by Gasteiger charge is 2.14. The van der Waals surface area contributed by atoms with Crippen LogP contribution in [0.1, 0.15) is 29.0 Å². The third kappa shape index (κ3) is 2.93. The summed E-state index contributed by atoms with van der Waals surface area (Å²) < 4.78 is 13.7. The van der Waals surface area contributed by atoms with Crippen LogP contribution in [0.5, 0.6) is 0 Å². The summed E-state index contributed by atoms with van der Waals surface area (Å²) in [6.07, 6.45) is 1.01. The summed E-state index contributed by atoms with van der Waals surface area (Å²) in [7, 11) is 0. The Hall–Kier alpha value is -0.860. The van der Waals surface area contributed by atoms with E-state index in [0.29, 0.717) is 4.47 Å². The van der Waals surface area contributed by atoms with Gasteiger partial charge in [-0.1, -0.05) is 53.2 Å². The number of halogens is 3. The second-order valence-corrected chi connectivity index (χ2v) is 5.41. The molecule has 0 aliphatic carbocycles. The Morgan fingerprint density at radius 3 is 2.39 bits per heavy atom. The van der Waals surface area contributed by atoms with Crippen LogP contribution in [0.25, 0.3) is 0 Å². The summed E-state index contributed by atoms with van der Waals surface area (Å²) in [4.78, 5) is 0. The lowest BCUT2D eigenvalue weighted by Crippen LogP contribution is -1.95. The van der Waals surface area contributed by atoms with E-state index in [-0.39, 0.29) is 11.2 Å². The smallest absolute Gasteiger partial charge is 0.124 e. The Morgan fingerprint density at radius 2 is 1.83 bits per heavy atom. The van der Waals surface area contributed by atoms with Crippen LogP contribution < -0.4 is 0 Å². The molecule has 2 aromatic rings. The van der Waals surface area contributed by atoms with Crippen molar-refractivity contribution in [2.45, 2.75) is 18.7 Å². The van der Waals surface area contributed by atoms with Gasteiger partial charge < -0.3 is 0 Å². The lowest BCUT2D eigenvalue weighted by molar-refractivity contribution is 0.626. The van der Waals surface area contributed by atoms with Gasteiger partial charge in [-0.3, -0.25) is 0 Å². The molecule has 1 unspecified atom stereocenters. The van der Waals surface area contributed by atoms with Crippen LogP contribution in [-0.2, 0) is 6.42 Å². The Labute approximate surface area is 120 Å². The lowest BCUT2D eigenvalue weighted by atomic mass is 10.0. The first-order valence-corrected chi connectivity index (χ1v) is 7.02. The standard InChI is InChI=1S/C15H13BrClF/c1-2-10-3-5-11(6-4-10)15(17)13-8-7-12(18)9-14(13)16/h3-9,15H,2H2,1H3. The van der Waals surface area contributed by atoms with E-state index in [1.165, 1.54) is 17.7 Å². The topological polar surface area (TPSA) is 0 Å². The molecule has 0 heterocycles. The van der Waals surface area contributed by atoms with Crippen molar-refractivity contribution in [3.8, 4) is 0 Å². The maximum Gasteiger partial charge on any atom is 0.124 e. The first-order valence-electron chi connectivity index (χ1n) is 5.79. The Kier molecular flexibility index (Phi) is 4.41. The molecule has 1 atom stereocenters. The minimum absolute atomic E-state index is 0.268. The van der Waals surface area contributed by atoms with Crippen molar-refractivity contribution < 1.29 is 4.39 Å². The van der Waals surface area contributed by atoms with Crippen molar-refractivity contribution in [1.29, 1.82) is 0 Å². The Morgan fingerprint density at radius 1 is 1.17 bits per heavy atom. The Balaban J connectivity index is 2.31. The molecule has 0 amide bonds. The summed E-state index contributed by atoms with van der Waals surface area (Å²) >= 11 is 9.78. The second-order valence-electron chi connectivity index (χ2n) is 4.12. The van der Waals surface area contributed by atoms with E-state index in [4.69, 9.17) is 11.6 Å². The zero-order valence-electron chi connectivity index (χ0n) is 9.96. The highest BCUT2D eigenvalue weighted by Crippen LogP contribution is 2.34. The predicted molar refractivity (Wildman–Crippen MR) is 77.6 cm³/mol. The minimum atomic E-state index is -0.272. The van der Waals surface area contributed by atoms with E-state index < -0.39 is 0 Å². The van der Waals surface area contributed by atoms with Crippen LogP contribution in [-0.4, -0.2) is 0 Å². The van der Waals surface area contributed by atoms with Gasteiger partial charge in [0, 0.05) is 4.47 Å². The number of hydrogen-bond acceptors (Lipinski definition) is 0. The van der Waals surface area contributed by atoms with Gasteiger partial charge >= 0.3 is 0 Å². The van der Waals surface area contributed by atoms with E-state index in [1.54, 1.807) is 6.07 Å². The first kappa shape index (κ1) is 13.6. The van der Waals surface area contributed by atoms with Gasteiger partial charge in [-0.2, -0.15) is 0 Å². The van der Waals surface area contributed by atoms with Crippen molar-refractivity contribution >= 4 is 27.5 Å². The molecule has 0 saturated carbocycles. The number of rotatable bonds is 3. The molecule has 0 aliphatic heterocycles. The molecule has 2 rings (SSSR count). The molecule has 0 radical (unpaired) electrons. The van der Waals surface area contributed by atoms with Crippen LogP contribution in [0, 0.1) is 5.82 Å². The molecule has 0 spiro atoms. The number of hydrogen-bond donors (Lipinski definition) is 0. The SMILES string of the molecule is CCc1ccc(C(Cl)c2ccc(F)cc2Br)cc1. The van der Waals surface area contributed by atoms with Crippen molar-refractivity contribution in [2.75, 3.05) is 0 Å². The lowest BCUT2D eigenvalue weighted by Gasteiger charge is -2.13. The number of aryl methyl sites for hydroxylation is 1. The highest BCUT2D eigenvalue weighted by atomic mass is 79.9. The van der Waals surface area contributed by atoms with Crippen molar-refractivity contribution in [2.24, 2.45) is 0 Å². The molecule has 94 valence electrons. The second kappa shape index (κ2) is 5.85. The van der Waals surface area contributed by atoms with Gasteiger partial charge in [0.1, 0.15) is 5.82 Å². The van der Waals surface area contributed by atoms with E-state index >= 15 is 0 Å². The van der Waals surface area contributed by atoms with Crippen LogP contribution >= 0.6 is 27.5 Å². The van der Waals surface area contributed by atoms with Crippen LogP contribution in [0.3, 0.4) is 0 Å². The van der Waals surface area contributed by atoms with E-state index in [0.717, 1.165) is 17.5 Å². The summed E-state index contributed by atoms with van der Waals surface area (Å²) in [5.74, 6) is -0.268. The van der Waals surface area contributed by atoms with Gasteiger partial charge in [-0.15, -0.1) is 11.6 Å². The van der Waals surface area contributed by atoms with Crippen molar-refractivity contribution in [1.82, 2.24) is 0 Å². The monoisotopic (exact) mass is 326 g/mol. The zero-order valence-corrected chi connectivity index (χ0v) is 12.3.